The normalized spacial score (nSPS) is 13.9. The van der Waals surface area contributed by atoms with Crippen LogP contribution < -0.4 is 5.32 Å². The van der Waals surface area contributed by atoms with Gasteiger partial charge in [-0.15, -0.1) is 0 Å². The molecule has 4 heteroatoms. The minimum Gasteiger partial charge on any atom is -0.388 e. The van der Waals surface area contributed by atoms with E-state index in [2.05, 4.69) is 5.32 Å². The van der Waals surface area contributed by atoms with Crippen LogP contribution in [0, 0.1) is 0 Å². The summed E-state index contributed by atoms with van der Waals surface area (Å²) in [5.74, 6) is 0.730. The number of amides is 1. The van der Waals surface area contributed by atoms with Crippen LogP contribution >= 0.6 is 11.8 Å². The van der Waals surface area contributed by atoms with Crippen LogP contribution in [0.25, 0.3) is 10.8 Å². The maximum atomic E-state index is 12.4. The number of fused-ring (bicyclic) bond motifs is 1. The zero-order chi connectivity index (χ0) is 15.3. The number of hydrogen-bond acceptors (Lipinski definition) is 3. The predicted molar refractivity (Wildman–Crippen MR) is 89.9 cm³/mol. The third kappa shape index (κ3) is 4.22. The maximum absolute atomic E-state index is 12.4. The number of carbonyl (C=O) groups excluding carboxylic acids is 1. The van der Waals surface area contributed by atoms with E-state index in [9.17, 15) is 9.90 Å². The number of hydrogen-bond donors (Lipinski definition) is 2. The third-order valence-electron chi connectivity index (χ3n) is 3.51. The minimum absolute atomic E-state index is 0.142. The van der Waals surface area contributed by atoms with Crippen molar-refractivity contribution in [1.29, 1.82) is 0 Å². The Labute approximate surface area is 129 Å². The van der Waals surface area contributed by atoms with Gasteiger partial charge in [0.25, 0.3) is 5.91 Å². The molecule has 0 heterocycles. The van der Waals surface area contributed by atoms with Crippen LogP contribution in [-0.4, -0.2) is 35.2 Å². The van der Waals surface area contributed by atoms with E-state index in [4.69, 9.17) is 0 Å². The summed E-state index contributed by atoms with van der Waals surface area (Å²) in [6.07, 6.45) is 2.66. The Morgan fingerprint density at radius 3 is 2.71 bits per heavy atom. The van der Waals surface area contributed by atoms with Crippen LogP contribution in [-0.2, 0) is 0 Å². The molecular formula is C17H21NO2S. The summed E-state index contributed by atoms with van der Waals surface area (Å²) < 4.78 is 0. The molecule has 2 aromatic rings. The fourth-order valence-electron chi connectivity index (χ4n) is 2.20. The molecular weight excluding hydrogens is 282 g/mol. The highest BCUT2D eigenvalue weighted by Crippen LogP contribution is 2.19. The van der Waals surface area contributed by atoms with Crippen LogP contribution in [0.5, 0.6) is 0 Å². The quantitative estimate of drug-likeness (QED) is 0.862. The molecule has 0 spiro atoms. The van der Waals surface area contributed by atoms with Crippen molar-refractivity contribution in [3.63, 3.8) is 0 Å². The van der Waals surface area contributed by atoms with Crippen molar-refractivity contribution >= 4 is 28.4 Å². The van der Waals surface area contributed by atoms with E-state index in [0.717, 1.165) is 16.5 Å². The average Bonchev–Trinajstić information content (AvgIpc) is 2.50. The molecule has 0 unspecified atom stereocenters. The van der Waals surface area contributed by atoms with Gasteiger partial charge in [0.2, 0.25) is 0 Å². The van der Waals surface area contributed by atoms with E-state index in [1.807, 2.05) is 48.7 Å². The Balaban J connectivity index is 2.09. The Morgan fingerprint density at radius 1 is 1.24 bits per heavy atom. The molecule has 0 radical (unpaired) electrons. The van der Waals surface area contributed by atoms with Crippen molar-refractivity contribution in [2.24, 2.45) is 0 Å². The lowest BCUT2D eigenvalue weighted by Crippen LogP contribution is -2.41. The second kappa shape index (κ2) is 6.96. The maximum Gasteiger partial charge on any atom is 0.252 e. The van der Waals surface area contributed by atoms with E-state index < -0.39 is 5.60 Å². The Bertz CT molecular complexity index is 620. The van der Waals surface area contributed by atoms with Gasteiger partial charge in [-0.1, -0.05) is 36.4 Å². The second-order valence-corrected chi connectivity index (χ2v) is 6.43. The van der Waals surface area contributed by atoms with Gasteiger partial charge >= 0.3 is 0 Å². The number of rotatable bonds is 6. The Hall–Kier alpha value is -1.52. The summed E-state index contributed by atoms with van der Waals surface area (Å²) in [5.41, 5.74) is -0.225. The molecule has 112 valence electrons. The van der Waals surface area contributed by atoms with Gasteiger partial charge in [0.1, 0.15) is 0 Å². The molecule has 21 heavy (non-hydrogen) atoms. The summed E-state index contributed by atoms with van der Waals surface area (Å²) in [7, 11) is 0. The number of nitrogens with one attached hydrogen (secondary N) is 1. The van der Waals surface area contributed by atoms with Gasteiger partial charge in [-0.2, -0.15) is 11.8 Å². The first-order valence-electron chi connectivity index (χ1n) is 7.01. The standard InChI is InChI=1S/C17H21NO2S/c1-17(20,10-11-21-2)12-18-16(19)15-9-5-7-13-6-3-4-8-14(13)15/h3-9,20H,10-12H2,1-2H3,(H,18,19)/t17-/m1/s1. The van der Waals surface area contributed by atoms with Crippen LogP contribution in [0.2, 0.25) is 0 Å². The van der Waals surface area contributed by atoms with Crippen molar-refractivity contribution in [3.8, 4) is 0 Å². The van der Waals surface area contributed by atoms with Gasteiger partial charge in [0.05, 0.1) is 5.60 Å². The summed E-state index contributed by atoms with van der Waals surface area (Å²) in [4.78, 5) is 12.4. The highest BCUT2D eigenvalue weighted by atomic mass is 32.2. The van der Waals surface area contributed by atoms with E-state index in [1.54, 1.807) is 18.7 Å². The van der Waals surface area contributed by atoms with Gasteiger partial charge in [-0.05, 0) is 42.2 Å². The van der Waals surface area contributed by atoms with Gasteiger partial charge < -0.3 is 10.4 Å². The lowest BCUT2D eigenvalue weighted by atomic mass is 10.0. The molecule has 0 fully saturated rings. The Morgan fingerprint density at radius 2 is 1.95 bits per heavy atom. The first kappa shape index (κ1) is 15.9. The first-order valence-corrected chi connectivity index (χ1v) is 8.40. The van der Waals surface area contributed by atoms with Crippen LogP contribution in [0.3, 0.4) is 0 Å². The molecule has 0 aliphatic carbocycles. The molecule has 0 saturated carbocycles. The van der Waals surface area contributed by atoms with Gasteiger partial charge in [0.15, 0.2) is 0 Å². The van der Waals surface area contributed by atoms with Crippen molar-refractivity contribution in [1.82, 2.24) is 5.32 Å². The van der Waals surface area contributed by atoms with Crippen molar-refractivity contribution in [2.75, 3.05) is 18.6 Å². The average molecular weight is 303 g/mol. The molecule has 0 bridgehead atoms. The number of benzene rings is 2. The highest BCUT2D eigenvalue weighted by Gasteiger charge is 2.21. The minimum atomic E-state index is -0.872. The van der Waals surface area contributed by atoms with Crippen molar-refractivity contribution in [2.45, 2.75) is 18.9 Å². The van der Waals surface area contributed by atoms with E-state index in [0.29, 0.717) is 12.0 Å². The monoisotopic (exact) mass is 303 g/mol. The molecule has 2 N–H and O–H groups in total. The lowest BCUT2D eigenvalue weighted by molar-refractivity contribution is 0.0529. The largest absolute Gasteiger partial charge is 0.388 e. The molecule has 1 amide bonds. The highest BCUT2D eigenvalue weighted by molar-refractivity contribution is 7.98. The fraction of sp³-hybridized carbons (Fsp3) is 0.353. The molecule has 2 aromatic carbocycles. The zero-order valence-corrected chi connectivity index (χ0v) is 13.2. The molecule has 0 aromatic heterocycles. The third-order valence-corrected chi connectivity index (χ3v) is 4.12. The summed E-state index contributed by atoms with van der Waals surface area (Å²) in [6, 6.07) is 13.5. The van der Waals surface area contributed by atoms with E-state index in [-0.39, 0.29) is 12.5 Å². The summed E-state index contributed by atoms with van der Waals surface area (Å²) in [6.45, 7) is 2.02. The van der Waals surface area contributed by atoms with E-state index >= 15 is 0 Å². The lowest BCUT2D eigenvalue weighted by Gasteiger charge is -2.23. The smallest absolute Gasteiger partial charge is 0.252 e. The fourth-order valence-corrected chi connectivity index (χ4v) is 2.84. The van der Waals surface area contributed by atoms with Crippen LogP contribution in [0.1, 0.15) is 23.7 Å². The topological polar surface area (TPSA) is 49.3 Å². The predicted octanol–water partition coefficient (Wildman–Crippen LogP) is 3.07. The first-order chi connectivity index (χ1) is 10.0. The summed E-state index contributed by atoms with van der Waals surface area (Å²) >= 11 is 1.69. The van der Waals surface area contributed by atoms with Crippen molar-refractivity contribution < 1.29 is 9.90 Å². The van der Waals surface area contributed by atoms with Crippen LogP contribution in [0.4, 0.5) is 0 Å². The number of thioether (sulfide) groups is 1. The molecule has 0 saturated heterocycles. The number of carbonyl (C=O) groups is 1. The summed E-state index contributed by atoms with van der Waals surface area (Å²) in [5, 5.41) is 15.0. The molecule has 1 atom stereocenters. The zero-order valence-electron chi connectivity index (χ0n) is 12.4. The number of aliphatic hydroxyl groups is 1. The van der Waals surface area contributed by atoms with E-state index in [1.165, 1.54) is 0 Å². The van der Waals surface area contributed by atoms with Gasteiger partial charge in [-0.25, -0.2) is 0 Å². The second-order valence-electron chi connectivity index (χ2n) is 5.45. The van der Waals surface area contributed by atoms with Crippen LogP contribution in [0.15, 0.2) is 42.5 Å². The molecule has 0 aliphatic rings. The van der Waals surface area contributed by atoms with Gasteiger partial charge in [-0.3, -0.25) is 4.79 Å². The molecule has 0 aliphatic heterocycles. The Kier molecular flexibility index (Phi) is 5.26. The SMILES string of the molecule is CSCC[C@@](C)(O)CNC(=O)c1cccc2ccccc12. The molecule has 2 rings (SSSR count). The van der Waals surface area contributed by atoms with Crippen molar-refractivity contribution in [3.05, 3.63) is 48.0 Å². The molecule has 3 nitrogen and oxygen atoms in total. The van der Waals surface area contributed by atoms with Gasteiger partial charge in [0, 0.05) is 12.1 Å².